The number of benzene rings is 2. The second-order valence-electron chi connectivity index (χ2n) is 7.65. The van der Waals surface area contributed by atoms with Crippen LogP contribution >= 0.6 is 0 Å². The van der Waals surface area contributed by atoms with E-state index in [1.807, 2.05) is 49.4 Å². The maximum Gasteiger partial charge on any atom is 0.321 e. The number of aryl methyl sites for hydroxylation is 2. The van der Waals surface area contributed by atoms with Crippen LogP contribution in [0.1, 0.15) is 17.2 Å². The molecule has 2 heterocycles. The number of aromatic nitrogens is 2. The number of urea groups is 1. The number of nitrogens with one attached hydrogen (secondary N) is 2. The second-order valence-corrected chi connectivity index (χ2v) is 7.65. The summed E-state index contributed by atoms with van der Waals surface area (Å²) in [6.45, 7) is 1.88. The van der Waals surface area contributed by atoms with E-state index in [1.165, 1.54) is 9.58 Å². The second kappa shape index (κ2) is 8.50. The fraction of sp³-hybridized carbons (Fsp3) is 0.167. The molecule has 2 N–H and O–H groups in total. The van der Waals surface area contributed by atoms with E-state index in [0.29, 0.717) is 22.4 Å². The molecule has 3 aromatic rings. The van der Waals surface area contributed by atoms with Gasteiger partial charge in [-0.2, -0.15) is 5.10 Å². The van der Waals surface area contributed by atoms with Crippen LogP contribution < -0.4 is 16.2 Å². The fourth-order valence-electron chi connectivity index (χ4n) is 3.59. The summed E-state index contributed by atoms with van der Waals surface area (Å²) < 4.78 is 1.27. The molecule has 0 saturated heterocycles. The number of hydrogen-bond donors (Lipinski definition) is 2. The van der Waals surface area contributed by atoms with Crippen LogP contribution in [0.4, 0.5) is 10.5 Å². The number of amides is 3. The van der Waals surface area contributed by atoms with Crippen LogP contribution in [-0.4, -0.2) is 33.7 Å². The van der Waals surface area contributed by atoms with Gasteiger partial charge in [0.2, 0.25) is 0 Å². The van der Waals surface area contributed by atoms with Gasteiger partial charge in [0.05, 0.1) is 17.2 Å². The van der Waals surface area contributed by atoms with Crippen LogP contribution in [0.3, 0.4) is 0 Å². The lowest BCUT2D eigenvalue weighted by Crippen LogP contribution is -2.44. The van der Waals surface area contributed by atoms with Crippen molar-refractivity contribution in [1.29, 1.82) is 0 Å². The summed E-state index contributed by atoms with van der Waals surface area (Å²) in [5.74, 6) is -0.339. The van der Waals surface area contributed by atoms with Crippen molar-refractivity contribution in [3.8, 4) is 11.1 Å². The summed E-state index contributed by atoms with van der Waals surface area (Å²) >= 11 is 0. The maximum atomic E-state index is 13.3. The van der Waals surface area contributed by atoms with Crippen molar-refractivity contribution in [3.63, 3.8) is 0 Å². The van der Waals surface area contributed by atoms with Gasteiger partial charge in [0.25, 0.3) is 11.5 Å². The van der Waals surface area contributed by atoms with Crippen LogP contribution in [0.5, 0.6) is 0 Å². The SMILES string of the molecule is Cc1ccc(-c2ccnn(C)c2=O)cc1NC(=O)C1=CN(C)C(=O)NC1c1ccccc1. The predicted octanol–water partition coefficient (Wildman–Crippen LogP) is 2.97. The number of hydrogen-bond acceptors (Lipinski definition) is 4. The summed E-state index contributed by atoms with van der Waals surface area (Å²) in [5.41, 5.74) is 3.58. The lowest BCUT2D eigenvalue weighted by atomic mass is 9.97. The molecule has 4 rings (SSSR count). The molecule has 1 aliphatic heterocycles. The van der Waals surface area contributed by atoms with Crippen LogP contribution in [0.2, 0.25) is 0 Å². The van der Waals surface area contributed by atoms with Gasteiger partial charge in [0.15, 0.2) is 0 Å². The van der Waals surface area contributed by atoms with E-state index < -0.39 is 6.04 Å². The summed E-state index contributed by atoms with van der Waals surface area (Å²) in [6, 6.07) is 15.6. The van der Waals surface area contributed by atoms with Crippen LogP contribution in [0.15, 0.2) is 77.4 Å². The quantitative estimate of drug-likeness (QED) is 0.666. The van der Waals surface area contributed by atoms with Gasteiger partial charge in [-0.25, -0.2) is 9.48 Å². The van der Waals surface area contributed by atoms with Crippen molar-refractivity contribution in [2.45, 2.75) is 13.0 Å². The molecule has 2 aromatic carbocycles. The van der Waals surface area contributed by atoms with Crippen LogP contribution in [0.25, 0.3) is 11.1 Å². The highest BCUT2D eigenvalue weighted by molar-refractivity contribution is 6.06. The Kier molecular flexibility index (Phi) is 5.59. The highest BCUT2D eigenvalue weighted by Gasteiger charge is 2.30. The minimum atomic E-state index is -0.573. The smallest absolute Gasteiger partial charge is 0.321 e. The van der Waals surface area contributed by atoms with Gasteiger partial charge in [-0.15, -0.1) is 0 Å². The molecule has 0 spiro atoms. The van der Waals surface area contributed by atoms with Crippen molar-refractivity contribution in [2.75, 3.05) is 12.4 Å². The Labute approximate surface area is 185 Å². The molecule has 0 fully saturated rings. The number of rotatable bonds is 4. The molecule has 0 saturated carbocycles. The average molecular weight is 429 g/mol. The van der Waals surface area contributed by atoms with E-state index in [-0.39, 0.29) is 17.5 Å². The molecule has 1 unspecified atom stereocenters. The van der Waals surface area contributed by atoms with E-state index >= 15 is 0 Å². The minimum Gasteiger partial charge on any atom is -0.327 e. The summed E-state index contributed by atoms with van der Waals surface area (Å²) in [6.07, 6.45) is 3.11. The molecule has 8 nitrogen and oxygen atoms in total. The number of carbonyl (C=O) groups is 2. The Hall–Kier alpha value is -4.20. The van der Waals surface area contributed by atoms with Crippen molar-refractivity contribution >= 4 is 17.6 Å². The predicted molar refractivity (Wildman–Crippen MR) is 122 cm³/mol. The molecule has 0 aliphatic carbocycles. The van der Waals surface area contributed by atoms with Crippen molar-refractivity contribution in [1.82, 2.24) is 20.0 Å². The first kappa shape index (κ1) is 21.0. The molecule has 0 radical (unpaired) electrons. The third kappa shape index (κ3) is 4.02. The third-order valence-electron chi connectivity index (χ3n) is 5.43. The molecule has 162 valence electrons. The van der Waals surface area contributed by atoms with Gasteiger partial charge < -0.3 is 15.5 Å². The highest BCUT2D eigenvalue weighted by atomic mass is 16.2. The van der Waals surface area contributed by atoms with Gasteiger partial charge in [-0.1, -0.05) is 42.5 Å². The van der Waals surface area contributed by atoms with Crippen molar-refractivity contribution in [2.24, 2.45) is 7.05 Å². The Morgan fingerprint density at radius 3 is 2.56 bits per heavy atom. The van der Waals surface area contributed by atoms with E-state index in [2.05, 4.69) is 15.7 Å². The first-order chi connectivity index (χ1) is 15.3. The molecule has 1 aliphatic rings. The zero-order valence-electron chi connectivity index (χ0n) is 18.0. The molecule has 8 heteroatoms. The standard InChI is InChI=1S/C24H23N5O3/c1-15-9-10-17(18-11-12-25-29(3)23(18)31)13-20(15)26-22(30)19-14-28(2)24(32)27-21(19)16-7-5-4-6-8-16/h4-14,21H,1-3H3,(H,26,30)(H,27,32). The Balaban J connectivity index is 1.68. The van der Waals surface area contributed by atoms with Crippen molar-refractivity contribution in [3.05, 3.63) is 94.0 Å². The van der Waals surface area contributed by atoms with Crippen LogP contribution in [0, 0.1) is 6.92 Å². The molecular formula is C24H23N5O3. The van der Waals surface area contributed by atoms with Gasteiger partial charge in [-0.05, 0) is 35.7 Å². The first-order valence-corrected chi connectivity index (χ1v) is 10.1. The van der Waals surface area contributed by atoms with Gasteiger partial charge in [-0.3, -0.25) is 9.59 Å². The highest BCUT2D eigenvalue weighted by Crippen LogP contribution is 2.28. The fourth-order valence-corrected chi connectivity index (χ4v) is 3.59. The molecule has 1 aromatic heterocycles. The van der Waals surface area contributed by atoms with Gasteiger partial charge in [0.1, 0.15) is 0 Å². The van der Waals surface area contributed by atoms with Gasteiger partial charge in [0, 0.05) is 32.2 Å². The molecular weight excluding hydrogens is 406 g/mol. The summed E-state index contributed by atoms with van der Waals surface area (Å²) in [4.78, 5) is 39.3. The number of nitrogens with zero attached hydrogens (tertiary/aromatic N) is 3. The molecule has 0 bridgehead atoms. The minimum absolute atomic E-state index is 0.225. The maximum absolute atomic E-state index is 13.3. The Bertz CT molecular complexity index is 1280. The van der Waals surface area contributed by atoms with Crippen molar-refractivity contribution < 1.29 is 9.59 Å². The largest absolute Gasteiger partial charge is 0.327 e. The lowest BCUT2D eigenvalue weighted by Gasteiger charge is -2.30. The molecule has 32 heavy (non-hydrogen) atoms. The zero-order valence-corrected chi connectivity index (χ0v) is 18.0. The monoisotopic (exact) mass is 429 g/mol. The van der Waals surface area contributed by atoms with E-state index in [9.17, 15) is 14.4 Å². The average Bonchev–Trinajstić information content (AvgIpc) is 2.79. The number of carbonyl (C=O) groups excluding carboxylic acids is 2. The molecule has 1 atom stereocenters. The van der Waals surface area contributed by atoms with E-state index in [4.69, 9.17) is 0 Å². The normalized spacial score (nSPS) is 15.7. The van der Waals surface area contributed by atoms with E-state index in [0.717, 1.165) is 11.1 Å². The Morgan fingerprint density at radius 1 is 1.06 bits per heavy atom. The lowest BCUT2D eigenvalue weighted by molar-refractivity contribution is -0.113. The number of anilines is 1. The van der Waals surface area contributed by atoms with E-state index in [1.54, 1.807) is 38.6 Å². The Morgan fingerprint density at radius 2 is 1.81 bits per heavy atom. The summed E-state index contributed by atoms with van der Waals surface area (Å²) in [5, 5.41) is 9.77. The van der Waals surface area contributed by atoms with Crippen LogP contribution in [-0.2, 0) is 11.8 Å². The topological polar surface area (TPSA) is 96.3 Å². The zero-order chi connectivity index (χ0) is 22.8. The first-order valence-electron chi connectivity index (χ1n) is 10.1. The van der Waals surface area contributed by atoms with Gasteiger partial charge >= 0.3 is 6.03 Å². The molecule has 3 amide bonds. The third-order valence-corrected chi connectivity index (χ3v) is 5.43. The summed E-state index contributed by atoms with van der Waals surface area (Å²) in [7, 11) is 3.18.